The Morgan fingerprint density at radius 2 is 2.00 bits per heavy atom. The highest BCUT2D eigenvalue weighted by molar-refractivity contribution is 5.11. The van der Waals surface area contributed by atoms with Crippen LogP contribution in [0.3, 0.4) is 0 Å². The van der Waals surface area contributed by atoms with Gasteiger partial charge in [-0.2, -0.15) is 5.10 Å². The summed E-state index contributed by atoms with van der Waals surface area (Å²) in [5.41, 5.74) is 2.42. The Bertz CT molecular complexity index is 359. The van der Waals surface area contributed by atoms with Crippen molar-refractivity contribution in [2.45, 2.75) is 70.9 Å². The maximum Gasteiger partial charge on any atom is 0.0781 e. The van der Waals surface area contributed by atoms with Crippen LogP contribution in [0.1, 0.15) is 63.4 Å². The molecule has 0 spiro atoms. The number of aliphatic hydroxyl groups is 1. The van der Waals surface area contributed by atoms with Crippen molar-refractivity contribution in [1.82, 2.24) is 9.78 Å². The van der Waals surface area contributed by atoms with Crippen LogP contribution in [0.4, 0.5) is 0 Å². The first-order chi connectivity index (χ1) is 8.26. The van der Waals surface area contributed by atoms with Gasteiger partial charge < -0.3 is 5.11 Å². The van der Waals surface area contributed by atoms with Gasteiger partial charge in [0.05, 0.1) is 17.8 Å². The molecule has 96 valence electrons. The largest absolute Gasteiger partial charge is 0.391 e. The van der Waals surface area contributed by atoms with Gasteiger partial charge in [0.2, 0.25) is 0 Å². The van der Waals surface area contributed by atoms with E-state index in [2.05, 4.69) is 29.7 Å². The second-order valence-corrected chi connectivity index (χ2v) is 5.05. The van der Waals surface area contributed by atoms with Crippen LogP contribution in [0.15, 0.2) is 6.07 Å². The van der Waals surface area contributed by atoms with Crippen molar-refractivity contribution >= 4 is 0 Å². The minimum Gasteiger partial charge on any atom is -0.391 e. The summed E-state index contributed by atoms with van der Waals surface area (Å²) in [4.78, 5) is 0. The lowest BCUT2D eigenvalue weighted by Crippen LogP contribution is -2.25. The fourth-order valence-electron chi connectivity index (χ4n) is 2.77. The first-order valence-corrected chi connectivity index (χ1v) is 7.01. The summed E-state index contributed by atoms with van der Waals surface area (Å²) in [6, 6.07) is 2.39. The van der Waals surface area contributed by atoms with Crippen molar-refractivity contribution in [1.29, 1.82) is 0 Å². The minimum atomic E-state index is -0.215. The molecule has 3 nitrogen and oxygen atoms in total. The fourth-order valence-corrected chi connectivity index (χ4v) is 2.77. The van der Waals surface area contributed by atoms with Gasteiger partial charge in [-0.3, -0.25) is 4.68 Å². The Morgan fingerprint density at radius 3 is 2.71 bits per heavy atom. The normalized spacial score (nSPS) is 25.8. The average molecular weight is 236 g/mol. The van der Waals surface area contributed by atoms with E-state index in [1.54, 1.807) is 0 Å². The third kappa shape index (κ3) is 2.71. The van der Waals surface area contributed by atoms with Crippen molar-refractivity contribution in [3.63, 3.8) is 0 Å². The maximum atomic E-state index is 10.2. The summed E-state index contributed by atoms with van der Waals surface area (Å²) in [5, 5.41) is 14.9. The summed E-state index contributed by atoms with van der Waals surface area (Å²) in [7, 11) is 0. The van der Waals surface area contributed by atoms with E-state index in [0.717, 1.165) is 37.8 Å². The molecule has 1 N–H and O–H groups in total. The standard InChI is InChI=1S/C14H24N2O/c1-3-11-10-12(4-2)16(15-11)13-8-6-5-7-9-14(13)17/h10,13-14,17H,3-9H2,1-2H3. The highest BCUT2D eigenvalue weighted by Gasteiger charge is 2.25. The predicted molar refractivity (Wildman–Crippen MR) is 69.1 cm³/mol. The zero-order valence-electron chi connectivity index (χ0n) is 11.0. The number of aliphatic hydroxyl groups excluding tert-OH is 1. The lowest BCUT2D eigenvalue weighted by molar-refractivity contribution is 0.0973. The molecule has 0 aromatic carbocycles. The van der Waals surface area contributed by atoms with Crippen molar-refractivity contribution in [3.8, 4) is 0 Å². The number of nitrogens with zero attached hydrogens (tertiary/aromatic N) is 2. The molecule has 2 atom stereocenters. The molecule has 1 aromatic rings. The van der Waals surface area contributed by atoms with Gasteiger partial charge in [0.15, 0.2) is 0 Å². The molecule has 1 aromatic heterocycles. The van der Waals surface area contributed by atoms with E-state index in [0.29, 0.717) is 0 Å². The molecule has 0 radical (unpaired) electrons. The van der Waals surface area contributed by atoms with Crippen molar-refractivity contribution < 1.29 is 5.11 Å². The molecular weight excluding hydrogens is 212 g/mol. The van der Waals surface area contributed by atoms with E-state index in [1.807, 2.05) is 0 Å². The summed E-state index contributed by atoms with van der Waals surface area (Å²) in [6.45, 7) is 4.30. The highest BCUT2D eigenvalue weighted by Crippen LogP contribution is 2.28. The second-order valence-electron chi connectivity index (χ2n) is 5.05. The van der Waals surface area contributed by atoms with Gasteiger partial charge in [-0.15, -0.1) is 0 Å². The first kappa shape index (κ1) is 12.6. The third-order valence-electron chi connectivity index (χ3n) is 3.85. The molecule has 1 aliphatic rings. The molecule has 0 bridgehead atoms. The number of aryl methyl sites for hydroxylation is 2. The second kappa shape index (κ2) is 5.67. The molecule has 1 aliphatic carbocycles. The molecule has 1 saturated carbocycles. The Labute approximate surface area is 104 Å². The van der Waals surface area contributed by atoms with Crippen LogP contribution in [0.2, 0.25) is 0 Å². The average Bonchev–Trinajstić information content (AvgIpc) is 2.65. The molecule has 3 heteroatoms. The number of aromatic nitrogens is 2. The lowest BCUT2D eigenvalue weighted by Gasteiger charge is -2.22. The minimum absolute atomic E-state index is 0.202. The number of hydrogen-bond acceptors (Lipinski definition) is 2. The van der Waals surface area contributed by atoms with Gasteiger partial charge in [-0.25, -0.2) is 0 Å². The van der Waals surface area contributed by atoms with Crippen LogP contribution < -0.4 is 0 Å². The Morgan fingerprint density at radius 1 is 1.24 bits per heavy atom. The molecule has 17 heavy (non-hydrogen) atoms. The molecule has 0 aliphatic heterocycles. The van der Waals surface area contributed by atoms with Crippen molar-refractivity contribution in [3.05, 3.63) is 17.5 Å². The molecule has 2 unspecified atom stereocenters. The zero-order chi connectivity index (χ0) is 12.3. The van der Waals surface area contributed by atoms with Gasteiger partial charge >= 0.3 is 0 Å². The van der Waals surface area contributed by atoms with Crippen LogP contribution in [0.25, 0.3) is 0 Å². The van der Waals surface area contributed by atoms with Crippen LogP contribution in [0, 0.1) is 0 Å². The van der Waals surface area contributed by atoms with Gasteiger partial charge in [-0.05, 0) is 31.7 Å². The molecule has 0 amide bonds. The Hall–Kier alpha value is -0.830. The van der Waals surface area contributed by atoms with E-state index in [4.69, 9.17) is 0 Å². The predicted octanol–water partition coefficient (Wildman–Crippen LogP) is 2.87. The maximum absolute atomic E-state index is 10.2. The lowest BCUT2D eigenvalue weighted by atomic mass is 10.1. The highest BCUT2D eigenvalue weighted by atomic mass is 16.3. The molecule has 0 saturated heterocycles. The number of rotatable bonds is 3. The first-order valence-electron chi connectivity index (χ1n) is 7.01. The quantitative estimate of drug-likeness (QED) is 0.819. The summed E-state index contributed by atoms with van der Waals surface area (Å²) in [6.07, 6.45) is 7.37. The topological polar surface area (TPSA) is 38.0 Å². The van der Waals surface area contributed by atoms with Crippen molar-refractivity contribution in [2.75, 3.05) is 0 Å². The molecule has 2 rings (SSSR count). The van der Waals surface area contributed by atoms with E-state index in [9.17, 15) is 5.11 Å². The van der Waals surface area contributed by atoms with Crippen LogP contribution in [-0.4, -0.2) is 21.0 Å². The fraction of sp³-hybridized carbons (Fsp3) is 0.786. The van der Waals surface area contributed by atoms with Crippen LogP contribution in [0.5, 0.6) is 0 Å². The van der Waals surface area contributed by atoms with E-state index >= 15 is 0 Å². The van der Waals surface area contributed by atoms with E-state index in [-0.39, 0.29) is 12.1 Å². The van der Waals surface area contributed by atoms with Gasteiger partial charge in [-0.1, -0.05) is 33.1 Å². The van der Waals surface area contributed by atoms with E-state index < -0.39 is 0 Å². The van der Waals surface area contributed by atoms with Gasteiger partial charge in [0.25, 0.3) is 0 Å². The van der Waals surface area contributed by atoms with Gasteiger partial charge in [0.1, 0.15) is 0 Å². The summed E-state index contributed by atoms with van der Waals surface area (Å²) < 4.78 is 2.11. The van der Waals surface area contributed by atoms with Crippen LogP contribution >= 0.6 is 0 Å². The van der Waals surface area contributed by atoms with Crippen molar-refractivity contribution in [2.24, 2.45) is 0 Å². The summed E-state index contributed by atoms with van der Waals surface area (Å²) in [5.74, 6) is 0. The third-order valence-corrected chi connectivity index (χ3v) is 3.85. The van der Waals surface area contributed by atoms with Crippen LogP contribution in [-0.2, 0) is 12.8 Å². The molecular formula is C14H24N2O. The Balaban J connectivity index is 2.26. The smallest absolute Gasteiger partial charge is 0.0781 e. The zero-order valence-corrected chi connectivity index (χ0v) is 11.0. The molecule has 1 heterocycles. The SMILES string of the molecule is CCc1cc(CC)n(C2CCCCCC2O)n1. The van der Waals surface area contributed by atoms with E-state index in [1.165, 1.54) is 18.5 Å². The Kier molecular flexibility index (Phi) is 4.21. The van der Waals surface area contributed by atoms with Gasteiger partial charge in [0, 0.05) is 5.69 Å². The molecule has 1 fully saturated rings. The summed E-state index contributed by atoms with van der Waals surface area (Å²) >= 11 is 0. The number of hydrogen-bond donors (Lipinski definition) is 1. The monoisotopic (exact) mass is 236 g/mol.